The summed E-state index contributed by atoms with van der Waals surface area (Å²) in [5, 5.41) is 8.41. The first-order valence-corrected chi connectivity index (χ1v) is 8.15. The van der Waals surface area contributed by atoms with Gasteiger partial charge >= 0.3 is 0 Å². The van der Waals surface area contributed by atoms with Crippen LogP contribution in [-0.2, 0) is 0 Å². The second-order valence-electron chi connectivity index (χ2n) is 6.71. The molecule has 0 fully saturated rings. The molecular weight excluding hydrogens is 291 g/mol. The lowest BCUT2D eigenvalue weighted by molar-refractivity contribution is 0.236. The van der Waals surface area contributed by atoms with Crippen LogP contribution in [-0.4, -0.2) is 32.3 Å². The standard InChI is InChI=1S/C18H21FN4/c1-11-4-5-15(19)9-14(11)10-22-12(2)8-17-16(22)6-7-18-21-20-13(3)23(17)18/h4-9,11,14,16-17H,10H2,1-3H3. The van der Waals surface area contributed by atoms with Crippen molar-refractivity contribution in [2.24, 2.45) is 11.8 Å². The average Bonchev–Trinajstić information content (AvgIpc) is 3.04. The lowest BCUT2D eigenvalue weighted by atomic mass is 9.88. The third-order valence-corrected chi connectivity index (χ3v) is 5.22. The van der Waals surface area contributed by atoms with Gasteiger partial charge in [-0.2, -0.15) is 0 Å². The molecule has 23 heavy (non-hydrogen) atoms. The van der Waals surface area contributed by atoms with Crippen LogP contribution in [0.5, 0.6) is 0 Å². The highest BCUT2D eigenvalue weighted by atomic mass is 19.1. The van der Waals surface area contributed by atoms with E-state index >= 15 is 0 Å². The van der Waals surface area contributed by atoms with E-state index in [0.29, 0.717) is 5.92 Å². The van der Waals surface area contributed by atoms with Crippen molar-refractivity contribution < 1.29 is 4.39 Å². The molecule has 120 valence electrons. The molecule has 0 saturated carbocycles. The van der Waals surface area contributed by atoms with Crippen LogP contribution in [0.15, 0.2) is 41.9 Å². The minimum Gasteiger partial charge on any atom is -0.366 e. The molecule has 0 spiro atoms. The molecule has 0 bridgehead atoms. The highest BCUT2D eigenvalue weighted by Gasteiger charge is 2.37. The Morgan fingerprint density at radius 2 is 1.91 bits per heavy atom. The molecule has 4 unspecified atom stereocenters. The summed E-state index contributed by atoms with van der Waals surface area (Å²) in [6.07, 6.45) is 11.8. The van der Waals surface area contributed by atoms with Gasteiger partial charge in [-0.25, -0.2) is 4.39 Å². The average molecular weight is 312 g/mol. The van der Waals surface area contributed by atoms with Crippen LogP contribution in [0.3, 0.4) is 0 Å². The third-order valence-electron chi connectivity index (χ3n) is 5.22. The molecule has 1 aromatic rings. The fourth-order valence-electron chi connectivity index (χ4n) is 3.87. The zero-order valence-corrected chi connectivity index (χ0v) is 13.6. The van der Waals surface area contributed by atoms with Crippen molar-refractivity contribution in [1.82, 2.24) is 19.7 Å². The molecule has 1 aromatic heterocycles. The molecule has 3 heterocycles. The van der Waals surface area contributed by atoms with E-state index in [1.165, 1.54) is 5.70 Å². The Labute approximate surface area is 135 Å². The Kier molecular flexibility index (Phi) is 3.25. The molecule has 0 amide bonds. The first kappa shape index (κ1) is 14.4. The minimum atomic E-state index is -0.124. The highest BCUT2D eigenvalue weighted by molar-refractivity contribution is 5.47. The molecule has 3 aliphatic rings. The van der Waals surface area contributed by atoms with Gasteiger partial charge in [-0.05, 0) is 44.1 Å². The molecule has 4 rings (SSSR count). The second kappa shape index (κ2) is 5.18. The predicted octanol–water partition coefficient (Wildman–Crippen LogP) is 3.42. The smallest absolute Gasteiger partial charge is 0.157 e. The fraction of sp³-hybridized carbons (Fsp3) is 0.444. The van der Waals surface area contributed by atoms with Crippen molar-refractivity contribution in [3.8, 4) is 0 Å². The van der Waals surface area contributed by atoms with Gasteiger partial charge in [0.05, 0.1) is 12.1 Å². The minimum absolute atomic E-state index is 0.124. The largest absolute Gasteiger partial charge is 0.366 e. The van der Waals surface area contributed by atoms with Gasteiger partial charge in [0.15, 0.2) is 5.82 Å². The van der Waals surface area contributed by atoms with Crippen LogP contribution >= 0.6 is 0 Å². The van der Waals surface area contributed by atoms with Gasteiger partial charge in [0.25, 0.3) is 0 Å². The van der Waals surface area contributed by atoms with Crippen molar-refractivity contribution >= 4 is 6.08 Å². The Morgan fingerprint density at radius 1 is 1.09 bits per heavy atom. The van der Waals surface area contributed by atoms with Crippen molar-refractivity contribution in [3.63, 3.8) is 0 Å². The summed E-state index contributed by atoms with van der Waals surface area (Å²) < 4.78 is 15.8. The van der Waals surface area contributed by atoms with E-state index in [1.807, 2.05) is 19.1 Å². The topological polar surface area (TPSA) is 34.0 Å². The summed E-state index contributed by atoms with van der Waals surface area (Å²) in [5.74, 6) is 2.27. The number of nitrogens with zero attached hydrogens (tertiary/aromatic N) is 4. The fourth-order valence-corrected chi connectivity index (χ4v) is 3.87. The number of hydrogen-bond acceptors (Lipinski definition) is 3. The van der Waals surface area contributed by atoms with E-state index in [-0.39, 0.29) is 23.8 Å². The van der Waals surface area contributed by atoms with Crippen molar-refractivity contribution in [2.45, 2.75) is 32.9 Å². The van der Waals surface area contributed by atoms with Gasteiger partial charge in [0.1, 0.15) is 11.7 Å². The maximum Gasteiger partial charge on any atom is 0.157 e. The first-order valence-electron chi connectivity index (χ1n) is 8.15. The molecule has 0 aromatic carbocycles. The molecule has 2 aliphatic heterocycles. The zero-order chi connectivity index (χ0) is 16.1. The van der Waals surface area contributed by atoms with E-state index in [9.17, 15) is 4.39 Å². The lowest BCUT2D eigenvalue weighted by Gasteiger charge is -2.36. The monoisotopic (exact) mass is 312 g/mol. The van der Waals surface area contributed by atoms with Gasteiger partial charge in [0, 0.05) is 18.2 Å². The number of aromatic nitrogens is 3. The van der Waals surface area contributed by atoms with Gasteiger partial charge in [-0.15, -0.1) is 10.2 Å². The van der Waals surface area contributed by atoms with Gasteiger partial charge in [-0.1, -0.05) is 19.1 Å². The maximum absolute atomic E-state index is 13.6. The molecule has 4 nitrogen and oxygen atoms in total. The van der Waals surface area contributed by atoms with Crippen LogP contribution in [0.25, 0.3) is 6.08 Å². The Morgan fingerprint density at radius 3 is 2.74 bits per heavy atom. The number of aryl methyl sites for hydroxylation is 1. The van der Waals surface area contributed by atoms with Crippen LogP contribution in [0.4, 0.5) is 4.39 Å². The highest BCUT2D eigenvalue weighted by Crippen LogP contribution is 2.38. The van der Waals surface area contributed by atoms with Gasteiger partial charge in [-0.3, -0.25) is 0 Å². The first-order chi connectivity index (χ1) is 11.0. The Balaban J connectivity index is 1.62. The summed E-state index contributed by atoms with van der Waals surface area (Å²) in [6, 6.07) is 0.486. The van der Waals surface area contributed by atoms with E-state index < -0.39 is 0 Å². The van der Waals surface area contributed by atoms with Crippen molar-refractivity contribution in [1.29, 1.82) is 0 Å². The number of halogens is 1. The van der Waals surface area contributed by atoms with E-state index in [2.05, 4.69) is 45.7 Å². The quantitative estimate of drug-likeness (QED) is 0.839. The normalized spacial score (nSPS) is 31.7. The predicted molar refractivity (Wildman–Crippen MR) is 88.1 cm³/mol. The SMILES string of the molecule is CC1=CC2C(C=Cc3nnc(C)n32)N1CC1C=C(F)C=CC1C. The van der Waals surface area contributed by atoms with Crippen LogP contribution in [0, 0.1) is 18.8 Å². The summed E-state index contributed by atoms with van der Waals surface area (Å²) in [5.41, 5.74) is 1.24. The molecule has 1 aliphatic carbocycles. The van der Waals surface area contributed by atoms with Gasteiger partial charge in [0.2, 0.25) is 0 Å². The maximum atomic E-state index is 13.6. The molecule has 4 atom stereocenters. The lowest BCUT2D eigenvalue weighted by Crippen LogP contribution is -2.39. The number of fused-ring (bicyclic) bond motifs is 3. The molecular formula is C18H21FN4. The van der Waals surface area contributed by atoms with Crippen molar-refractivity contribution in [2.75, 3.05) is 6.54 Å². The van der Waals surface area contributed by atoms with Crippen LogP contribution < -0.4 is 0 Å². The van der Waals surface area contributed by atoms with Crippen molar-refractivity contribution in [3.05, 3.63) is 53.6 Å². The third kappa shape index (κ3) is 2.26. The van der Waals surface area contributed by atoms with E-state index in [4.69, 9.17) is 0 Å². The van der Waals surface area contributed by atoms with E-state index in [1.54, 1.807) is 12.2 Å². The number of hydrogen-bond donors (Lipinski definition) is 0. The molecule has 0 saturated heterocycles. The molecule has 0 N–H and O–H groups in total. The van der Waals surface area contributed by atoms with Crippen LogP contribution in [0.1, 0.15) is 31.5 Å². The second-order valence-corrected chi connectivity index (χ2v) is 6.71. The zero-order valence-electron chi connectivity index (χ0n) is 13.6. The Bertz CT molecular complexity index is 755. The summed E-state index contributed by atoms with van der Waals surface area (Å²) in [6.45, 7) is 7.10. The molecule has 0 radical (unpaired) electrons. The summed E-state index contributed by atoms with van der Waals surface area (Å²) >= 11 is 0. The van der Waals surface area contributed by atoms with Crippen LogP contribution in [0.2, 0.25) is 0 Å². The van der Waals surface area contributed by atoms with Gasteiger partial charge < -0.3 is 9.47 Å². The number of allylic oxidation sites excluding steroid dienone is 4. The summed E-state index contributed by atoms with van der Waals surface area (Å²) in [7, 11) is 0. The van der Waals surface area contributed by atoms with E-state index in [0.717, 1.165) is 18.2 Å². The molecule has 5 heteroatoms. The summed E-state index contributed by atoms with van der Waals surface area (Å²) in [4.78, 5) is 2.38. The number of rotatable bonds is 2. The Hall–Kier alpha value is -2.17.